The lowest BCUT2D eigenvalue weighted by atomic mass is 10.2. The molecule has 2 aromatic rings. The van der Waals surface area contributed by atoms with Crippen molar-refractivity contribution in [3.05, 3.63) is 57.7 Å². The summed E-state index contributed by atoms with van der Waals surface area (Å²) in [6, 6.07) is 15.3. The minimum absolute atomic E-state index is 0.616. The van der Waals surface area contributed by atoms with Gasteiger partial charge >= 0.3 is 0 Å². The van der Waals surface area contributed by atoms with Crippen molar-refractivity contribution in [2.75, 3.05) is 5.73 Å². The third-order valence-corrected chi connectivity index (χ3v) is 3.43. The first-order valence-electron chi connectivity index (χ1n) is 5.62. The van der Waals surface area contributed by atoms with Gasteiger partial charge in [-0.05, 0) is 40.8 Å². The van der Waals surface area contributed by atoms with Gasteiger partial charge in [0.2, 0.25) is 0 Å². The lowest BCUT2D eigenvalue weighted by molar-refractivity contribution is 0.696. The molecule has 0 radical (unpaired) electrons. The predicted octanol–water partition coefficient (Wildman–Crippen LogP) is 1.92. The number of rotatable bonds is 3. The molecule has 19 heavy (non-hydrogen) atoms. The highest BCUT2D eigenvalue weighted by Crippen LogP contribution is 2.22. The molecule has 0 aromatic heterocycles. The average molecular weight is 367 g/mol. The number of hydrogen-bond acceptors (Lipinski definition) is 4. The maximum absolute atomic E-state index is 5.89. The van der Waals surface area contributed by atoms with Crippen LogP contribution < -0.4 is 22.5 Å². The van der Waals surface area contributed by atoms with Crippen LogP contribution in [0.15, 0.2) is 53.5 Å². The molecule has 2 aromatic carbocycles. The number of nitrogens with two attached hydrogens (primary N) is 2. The van der Waals surface area contributed by atoms with Gasteiger partial charge in [-0.2, -0.15) is 5.53 Å². The second kappa shape index (κ2) is 6.50. The molecule has 98 valence electrons. The number of nitrogen functional groups attached to an aromatic ring is 1. The highest BCUT2D eigenvalue weighted by Gasteiger charge is 2.07. The van der Waals surface area contributed by atoms with Crippen molar-refractivity contribution >= 4 is 39.8 Å². The van der Waals surface area contributed by atoms with Crippen molar-refractivity contribution in [3.8, 4) is 0 Å². The average Bonchev–Trinajstić information content (AvgIpc) is 2.41. The van der Waals surface area contributed by atoms with Gasteiger partial charge in [0.25, 0.3) is 0 Å². The molecular formula is C13H14IN5. The van der Waals surface area contributed by atoms with Crippen molar-refractivity contribution in [1.29, 1.82) is 0 Å². The Morgan fingerprint density at radius 2 is 1.74 bits per heavy atom. The highest BCUT2D eigenvalue weighted by atomic mass is 127. The molecule has 0 saturated heterocycles. The van der Waals surface area contributed by atoms with Gasteiger partial charge in [0, 0.05) is 9.13 Å². The molecule has 2 rings (SSSR count). The fourth-order valence-electron chi connectivity index (χ4n) is 1.59. The molecular weight excluding hydrogens is 353 g/mol. The number of para-hydroxylation sites is 2. The van der Waals surface area contributed by atoms with E-state index in [1.807, 2.05) is 48.5 Å². The summed E-state index contributed by atoms with van der Waals surface area (Å²) in [6.07, 6.45) is 0. The lowest BCUT2D eigenvalue weighted by Gasteiger charge is -2.11. The maximum atomic E-state index is 5.89. The Morgan fingerprint density at radius 3 is 2.42 bits per heavy atom. The van der Waals surface area contributed by atoms with Gasteiger partial charge in [-0.1, -0.05) is 30.3 Å². The molecule has 6 heteroatoms. The van der Waals surface area contributed by atoms with E-state index in [2.05, 4.69) is 38.5 Å². The van der Waals surface area contributed by atoms with Crippen molar-refractivity contribution < 1.29 is 0 Å². The van der Waals surface area contributed by atoms with Crippen LogP contribution in [0.1, 0.15) is 5.56 Å². The van der Waals surface area contributed by atoms with Gasteiger partial charge in [0.05, 0.1) is 11.4 Å². The lowest BCUT2D eigenvalue weighted by Crippen LogP contribution is -2.42. The summed E-state index contributed by atoms with van der Waals surface area (Å²) >= 11 is 2.25. The summed E-state index contributed by atoms with van der Waals surface area (Å²) in [5, 5.41) is 0. The zero-order valence-electron chi connectivity index (χ0n) is 10.1. The van der Waals surface area contributed by atoms with E-state index in [0.717, 1.165) is 9.13 Å². The van der Waals surface area contributed by atoms with Crippen LogP contribution in [0.2, 0.25) is 0 Å². The Balaban J connectivity index is 2.47. The molecule has 0 aliphatic rings. The minimum atomic E-state index is 0.616. The van der Waals surface area contributed by atoms with E-state index in [1.165, 1.54) is 0 Å². The summed E-state index contributed by atoms with van der Waals surface area (Å²) in [6.45, 7) is 0. The van der Waals surface area contributed by atoms with Crippen LogP contribution in [-0.2, 0) is 0 Å². The SMILES string of the molecule is NNNC(=Nc1ccccc1N)c1ccccc1I. The van der Waals surface area contributed by atoms with Crippen LogP contribution in [0.4, 0.5) is 11.4 Å². The van der Waals surface area contributed by atoms with Crippen LogP contribution in [0.5, 0.6) is 0 Å². The third-order valence-electron chi connectivity index (χ3n) is 2.49. The van der Waals surface area contributed by atoms with Crippen molar-refractivity contribution in [2.24, 2.45) is 10.8 Å². The molecule has 0 heterocycles. The van der Waals surface area contributed by atoms with Crippen molar-refractivity contribution in [2.45, 2.75) is 0 Å². The summed E-state index contributed by atoms with van der Waals surface area (Å²) in [7, 11) is 0. The van der Waals surface area contributed by atoms with Gasteiger partial charge in [-0.25, -0.2) is 4.99 Å². The smallest absolute Gasteiger partial charge is 0.150 e. The molecule has 0 aliphatic carbocycles. The first kappa shape index (κ1) is 13.8. The van der Waals surface area contributed by atoms with Crippen molar-refractivity contribution in [1.82, 2.24) is 11.0 Å². The summed E-state index contributed by atoms with van der Waals surface area (Å²) < 4.78 is 1.07. The number of hydrogen-bond donors (Lipinski definition) is 4. The fourth-order valence-corrected chi connectivity index (χ4v) is 2.23. The van der Waals surface area contributed by atoms with E-state index >= 15 is 0 Å². The number of nitrogens with zero attached hydrogens (tertiary/aromatic N) is 1. The van der Waals surface area contributed by atoms with Crippen LogP contribution in [-0.4, -0.2) is 5.84 Å². The number of amidine groups is 1. The number of nitrogens with one attached hydrogen (secondary N) is 2. The van der Waals surface area contributed by atoms with Crippen LogP contribution >= 0.6 is 22.6 Å². The second-order valence-corrected chi connectivity index (χ2v) is 4.93. The van der Waals surface area contributed by atoms with Crippen LogP contribution in [0.25, 0.3) is 0 Å². The van der Waals surface area contributed by atoms with E-state index in [1.54, 1.807) is 0 Å². The Bertz CT molecular complexity index is 597. The number of anilines is 1. The Labute approximate surface area is 125 Å². The molecule has 0 atom stereocenters. The monoisotopic (exact) mass is 367 g/mol. The molecule has 5 nitrogen and oxygen atoms in total. The van der Waals surface area contributed by atoms with Gasteiger partial charge in [0.1, 0.15) is 5.84 Å². The van der Waals surface area contributed by atoms with Crippen LogP contribution in [0.3, 0.4) is 0 Å². The Morgan fingerprint density at radius 1 is 1.05 bits per heavy atom. The quantitative estimate of drug-likeness (QED) is 0.167. The third kappa shape index (κ3) is 3.43. The van der Waals surface area contributed by atoms with Crippen molar-refractivity contribution in [3.63, 3.8) is 0 Å². The molecule has 0 unspecified atom stereocenters. The van der Waals surface area contributed by atoms with Gasteiger partial charge in [-0.3, -0.25) is 11.3 Å². The normalized spacial score (nSPS) is 11.4. The predicted molar refractivity (Wildman–Crippen MR) is 86.7 cm³/mol. The number of benzene rings is 2. The standard InChI is InChI=1S/C13H14IN5/c14-10-6-2-1-5-9(10)13(18-19-16)17-12-8-4-3-7-11(12)15/h1-8,19H,15-16H2,(H,17,18). The zero-order valence-corrected chi connectivity index (χ0v) is 12.3. The van der Waals surface area contributed by atoms with E-state index < -0.39 is 0 Å². The summed E-state index contributed by atoms with van der Waals surface area (Å²) in [4.78, 5) is 4.51. The first-order chi connectivity index (χ1) is 9.22. The molecule has 0 bridgehead atoms. The van der Waals surface area contributed by atoms with E-state index in [0.29, 0.717) is 17.2 Å². The molecule has 6 N–H and O–H groups in total. The van der Waals surface area contributed by atoms with Gasteiger partial charge in [-0.15, -0.1) is 0 Å². The molecule has 0 saturated carbocycles. The topological polar surface area (TPSA) is 88.5 Å². The number of halogens is 1. The second-order valence-electron chi connectivity index (χ2n) is 3.77. The van der Waals surface area contributed by atoms with E-state index in [4.69, 9.17) is 11.6 Å². The zero-order chi connectivity index (χ0) is 13.7. The fraction of sp³-hybridized carbons (Fsp3) is 0. The maximum Gasteiger partial charge on any atom is 0.150 e. The van der Waals surface area contributed by atoms with E-state index in [-0.39, 0.29) is 0 Å². The highest BCUT2D eigenvalue weighted by molar-refractivity contribution is 14.1. The number of aliphatic imine (C=N–C) groups is 1. The Hall–Kier alpha value is -1.64. The minimum Gasteiger partial charge on any atom is -0.397 e. The van der Waals surface area contributed by atoms with Gasteiger partial charge < -0.3 is 5.73 Å². The first-order valence-corrected chi connectivity index (χ1v) is 6.70. The molecule has 0 aliphatic heterocycles. The van der Waals surface area contributed by atoms with Crippen LogP contribution in [0, 0.1) is 3.57 Å². The Kier molecular flexibility index (Phi) is 4.72. The number of hydrazine groups is 2. The largest absolute Gasteiger partial charge is 0.397 e. The summed E-state index contributed by atoms with van der Waals surface area (Å²) in [5.41, 5.74) is 13.4. The van der Waals surface area contributed by atoms with E-state index in [9.17, 15) is 0 Å². The van der Waals surface area contributed by atoms with Gasteiger partial charge in [0.15, 0.2) is 0 Å². The molecule has 0 amide bonds. The molecule has 0 fully saturated rings. The summed E-state index contributed by atoms with van der Waals surface area (Å²) in [5.74, 6) is 5.95. The molecule has 0 spiro atoms.